The van der Waals surface area contributed by atoms with Crippen molar-refractivity contribution >= 4 is 23.4 Å². The van der Waals surface area contributed by atoms with Gasteiger partial charge >= 0.3 is 0 Å². The van der Waals surface area contributed by atoms with Crippen LogP contribution in [0.3, 0.4) is 0 Å². The number of furan rings is 1. The van der Waals surface area contributed by atoms with Crippen molar-refractivity contribution in [1.29, 1.82) is 0 Å². The van der Waals surface area contributed by atoms with Crippen molar-refractivity contribution in [2.45, 2.75) is 17.4 Å². The molecule has 26 heavy (non-hydrogen) atoms. The van der Waals surface area contributed by atoms with E-state index < -0.39 is 5.25 Å². The van der Waals surface area contributed by atoms with E-state index in [9.17, 15) is 4.79 Å². The number of hydrogen-bond donors (Lipinski definition) is 1. The van der Waals surface area contributed by atoms with Crippen molar-refractivity contribution in [3.63, 3.8) is 0 Å². The summed E-state index contributed by atoms with van der Waals surface area (Å²) in [6.07, 6.45) is 1.52. The number of ether oxygens (including phenoxy) is 2. The summed E-state index contributed by atoms with van der Waals surface area (Å²) in [5.74, 6) is 1.66. The molecule has 0 fully saturated rings. The lowest BCUT2D eigenvalue weighted by Gasteiger charge is -2.12. The van der Waals surface area contributed by atoms with Crippen LogP contribution < -0.4 is 14.8 Å². The van der Waals surface area contributed by atoms with Gasteiger partial charge in [0.25, 0.3) is 11.1 Å². The number of hydrogen-bond acceptors (Lipinski definition) is 8. The molecule has 0 aliphatic heterocycles. The maximum atomic E-state index is 12.4. The highest BCUT2D eigenvalue weighted by Crippen LogP contribution is 2.31. The van der Waals surface area contributed by atoms with E-state index in [1.807, 2.05) is 0 Å². The number of carbonyl (C=O) groups is 1. The Morgan fingerprint density at radius 1 is 1.19 bits per heavy atom. The van der Waals surface area contributed by atoms with Gasteiger partial charge in [0.05, 0.1) is 25.7 Å². The molecule has 9 heteroatoms. The summed E-state index contributed by atoms with van der Waals surface area (Å²) in [5, 5.41) is 10.5. The first kappa shape index (κ1) is 17.9. The van der Waals surface area contributed by atoms with Gasteiger partial charge < -0.3 is 23.6 Å². The number of thioether (sulfide) groups is 1. The van der Waals surface area contributed by atoms with Crippen molar-refractivity contribution < 1.29 is 23.1 Å². The Labute approximate surface area is 153 Å². The molecule has 1 amide bonds. The predicted octanol–water partition coefficient (Wildman–Crippen LogP) is 3.47. The van der Waals surface area contributed by atoms with Gasteiger partial charge in [0.15, 0.2) is 17.3 Å². The van der Waals surface area contributed by atoms with E-state index in [-0.39, 0.29) is 17.0 Å². The predicted molar refractivity (Wildman–Crippen MR) is 95.5 cm³/mol. The molecular weight excluding hydrogens is 358 g/mol. The summed E-state index contributed by atoms with van der Waals surface area (Å²) in [6, 6.07) is 8.59. The fourth-order valence-corrected chi connectivity index (χ4v) is 2.80. The molecule has 136 valence electrons. The SMILES string of the molecule is COc1ccc(NC(=O)C(C)Sc2nnc(-c3ccco3)o2)cc1OC. The minimum absolute atomic E-state index is 0.208. The maximum Gasteiger partial charge on any atom is 0.284 e. The molecule has 0 saturated carbocycles. The second-order valence-corrected chi connectivity index (χ2v) is 6.46. The van der Waals surface area contributed by atoms with Crippen LogP contribution in [0.15, 0.2) is 50.7 Å². The summed E-state index contributed by atoms with van der Waals surface area (Å²) >= 11 is 1.16. The van der Waals surface area contributed by atoms with Gasteiger partial charge in [-0.25, -0.2) is 0 Å². The topological polar surface area (TPSA) is 99.6 Å². The number of anilines is 1. The Kier molecular flexibility index (Phi) is 5.47. The third kappa shape index (κ3) is 3.99. The van der Waals surface area contributed by atoms with Gasteiger partial charge in [-0.2, -0.15) is 0 Å². The zero-order chi connectivity index (χ0) is 18.5. The van der Waals surface area contributed by atoms with Gasteiger partial charge in [-0.05, 0) is 31.2 Å². The number of rotatable bonds is 7. The van der Waals surface area contributed by atoms with Crippen LogP contribution in [0.2, 0.25) is 0 Å². The standard InChI is InChI=1S/C17H17N3O5S/c1-10(26-17-20-19-16(25-17)13-5-4-8-24-13)15(21)18-11-6-7-12(22-2)14(9-11)23-3/h4-10H,1-3H3,(H,18,21). The van der Waals surface area contributed by atoms with Crippen molar-refractivity contribution in [2.75, 3.05) is 19.5 Å². The first-order chi connectivity index (χ1) is 12.6. The van der Waals surface area contributed by atoms with Gasteiger partial charge in [0, 0.05) is 11.8 Å². The lowest BCUT2D eigenvalue weighted by Crippen LogP contribution is -2.22. The molecule has 1 aromatic carbocycles. The van der Waals surface area contributed by atoms with E-state index in [0.717, 1.165) is 11.8 Å². The lowest BCUT2D eigenvalue weighted by atomic mass is 10.2. The quantitative estimate of drug-likeness (QED) is 0.627. The van der Waals surface area contributed by atoms with Crippen LogP contribution in [0.1, 0.15) is 6.92 Å². The molecule has 0 spiro atoms. The number of amides is 1. The van der Waals surface area contributed by atoms with Gasteiger partial charge in [-0.15, -0.1) is 10.2 Å². The summed E-state index contributed by atoms with van der Waals surface area (Å²) in [7, 11) is 3.09. The maximum absolute atomic E-state index is 12.4. The zero-order valence-electron chi connectivity index (χ0n) is 14.4. The van der Waals surface area contributed by atoms with Gasteiger partial charge in [-0.1, -0.05) is 11.8 Å². The fourth-order valence-electron chi connectivity index (χ4n) is 2.12. The molecule has 0 saturated heterocycles. The molecule has 3 aromatic rings. The van der Waals surface area contributed by atoms with E-state index in [1.54, 1.807) is 44.4 Å². The molecule has 1 N–H and O–H groups in total. The van der Waals surface area contributed by atoms with Crippen LogP contribution in [0, 0.1) is 0 Å². The summed E-state index contributed by atoms with van der Waals surface area (Å²) in [6.45, 7) is 1.75. The summed E-state index contributed by atoms with van der Waals surface area (Å²) < 4.78 is 21.1. The Balaban J connectivity index is 1.63. The van der Waals surface area contributed by atoms with Gasteiger partial charge in [0.1, 0.15) is 0 Å². The van der Waals surface area contributed by atoms with Crippen LogP contribution in [-0.4, -0.2) is 35.6 Å². The number of methoxy groups -OCH3 is 2. The minimum atomic E-state index is -0.451. The Morgan fingerprint density at radius 2 is 2.00 bits per heavy atom. The lowest BCUT2D eigenvalue weighted by molar-refractivity contribution is -0.115. The van der Waals surface area contributed by atoms with Crippen molar-refractivity contribution in [1.82, 2.24) is 10.2 Å². The number of carbonyl (C=O) groups excluding carboxylic acids is 1. The molecular formula is C17H17N3O5S. The van der Waals surface area contributed by atoms with E-state index in [2.05, 4.69) is 15.5 Å². The third-order valence-electron chi connectivity index (χ3n) is 3.44. The number of benzene rings is 1. The Hall–Kier alpha value is -2.94. The average Bonchev–Trinajstić information content (AvgIpc) is 3.33. The Bertz CT molecular complexity index is 878. The minimum Gasteiger partial charge on any atom is -0.493 e. The zero-order valence-corrected chi connectivity index (χ0v) is 15.2. The fraction of sp³-hybridized carbons (Fsp3) is 0.235. The molecule has 2 heterocycles. The van der Waals surface area contributed by atoms with E-state index in [1.165, 1.54) is 13.4 Å². The molecule has 3 rings (SSSR count). The molecule has 0 aliphatic carbocycles. The van der Waals surface area contributed by atoms with Crippen LogP contribution in [0.5, 0.6) is 11.5 Å². The van der Waals surface area contributed by atoms with E-state index >= 15 is 0 Å². The van der Waals surface area contributed by atoms with Crippen molar-refractivity contribution in [3.05, 3.63) is 36.6 Å². The molecule has 8 nitrogen and oxygen atoms in total. The highest BCUT2D eigenvalue weighted by atomic mass is 32.2. The highest BCUT2D eigenvalue weighted by Gasteiger charge is 2.20. The Morgan fingerprint density at radius 3 is 2.69 bits per heavy atom. The third-order valence-corrected chi connectivity index (χ3v) is 4.37. The van der Waals surface area contributed by atoms with Crippen LogP contribution in [0.4, 0.5) is 5.69 Å². The molecule has 0 radical (unpaired) electrons. The van der Waals surface area contributed by atoms with Crippen LogP contribution >= 0.6 is 11.8 Å². The number of nitrogens with zero attached hydrogens (tertiary/aromatic N) is 2. The van der Waals surface area contributed by atoms with Gasteiger partial charge in [0.2, 0.25) is 5.91 Å². The largest absolute Gasteiger partial charge is 0.493 e. The normalized spacial score (nSPS) is 11.8. The monoisotopic (exact) mass is 375 g/mol. The first-order valence-electron chi connectivity index (χ1n) is 7.67. The summed E-state index contributed by atoms with van der Waals surface area (Å²) in [4.78, 5) is 12.4. The van der Waals surface area contributed by atoms with Crippen LogP contribution in [-0.2, 0) is 4.79 Å². The van der Waals surface area contributed by atoms with Crippen LogP contribution in [0.25, 0.3) is 11.7 Å². The second-order valence-electron chi connectivity index (χ2n) is 5.17. The molecule has 1 unspecified atom stereocenters. The molecule has 2 aromatic heterocycles. The molecule has 1 atom stereocenters. The highest BCUT2D eigenvalue weighted by molar-refractivity contribution is 8.00. The second kappa shape index (κ2) is 7.96. The molecule has 0 bridgehead atoms. The first-order valence-corrected chi connectivity index (χ1v) is 8.55. The van der Waals surface area contributed by atoms with Crippen molar-refractivity contribution in [3.8, 4) is 23.1 Å². The number of nitrogens with one attached hydrogen (secondary N) is 1. The smallest absolute Gasteiger partial charge is 0.284 e. The average molecular weight is 375 g/mol. The van der Waals surface area contributed by atoms with Gasteiger partial charge in [-0.3, -0.25) is 4.79 Å². The van der Waals surface area contributed by atoms with Crippen molar-refractivity contribution in [2.24, 2.45) is 0 Å². The van der Waals surface area contributed by atoms with E-state index in [0.29, 0.717) is 22.9 Å². The van der Waals surface area contributed by atoms with E-state index in [4.69, 9.17) is 18.3 Å². The number of aromatic nitrogens is 2. The molecule has 0 aliphatic rings. The summed E-state index contributed by atoms with van der Waals surface area (Å²) in [5.41, 5.74) is 0.599.